The smallest absolute Gasteiger partial charge is 0.243 e. The van der Waals surface area contributed by atoms with Crippen LogP contribution in [0.5, 0.6) is 0 Å². The molecule has 2 fully saturated rings. The molecule has 2 aliphatic rings. The van der Waals surface area contributed by atoms with E-state index < -0.39 is 20.0 Å². The van der Waals surface area contributed by atoms with Gasteiger partial charge in [0.2, 0.25) is 20.0 Å². The van der Waals surface area contributed by atoms with Crippen molar-refractivity contribution in [3.63, 3.8) is 0 Å². The zero-order chi connectivity index (χ0) is 23.6. The second kappa shape index (κ2) is 9.69. The average molecular weight is 496 g/mol. The first-order valence-corrected chi connectivity index (χ1v) is 14.2. The number of halogens is 1. The van der Waals surface area contributed by atoms with E-state index in [4.69, 9.17) is 0 Å². The van der Waals surface area contributed by atoms with Crippen LogP contribution in [0, 0.1) is 5.82 Å². The molecular formula is C23H30FN3O4S2. The van der Waals surface area contributed by atoms with Crippen molar-refractivity contribution in [2.24, 2.45) is 0 Å². The van der Waals surface area contributed by atoms with Crippen LogP contribution in [0.25, 0.3) is 0 Å². The van der Waals surface area contributed by atoms with Crippen molar-refractivity contribution >= 4 is 25.7 Å². The molecule has 180 valence electrons. The van der Waals surface area contributed by atoms with Crippen molar-refractivity contribution in [3.05, 3.63) is 54.3 Å². The van der Waals surface area contributed by atoms with Gasteiger partial charge in [-0.2, -0.15) is 8.61 Å². The van der Waals surface area contributed by atoms with Crippen LogP contribution in [0.15, 0.2) is 58.3 Å². The Labute approximate surface area is 195 Å². The van der Waals surface area contributed by atoms with Crippen LogP contribution >= 0.6 is 0 Å². The summed E-state index contributed by atoms with van der Waals surface area (Å²) < 4.78 is 69.1. The Balaban J connectivity index is 1.45. The maximum atomic E-state index is 14.1. The Kier molecular flexibility index (Phi) is 7.09. The number of anilines is 1. The molecule has 1 saturated carbocycles. The molecular weight excluding hydrogens is 465 g/mol. The third kappa shape index (κ3) is 4.94. The van der Waals surface area contributed by atoms with Crippen molar-refractivity contribution in [3.8, 4) is 0 Å². The SMILES string of the molecule is CN(C1CCCCC1)S(=O)(=O)c1ccc(S(=O)(=O)N2CCN(c3ccccc3F)CC2)cc1. The highest BCUT2D eigenvalue weighted by atomic mass is 32.2. The molecule has 1 saturated heterocycles. The zero-order valence-electron chi connectivity index (χ0n) is 18.7. The number of hydrogen-bond acceptors (Lipinski definition) is 5. The Morgan fingerprint density at radius 2 is 1.39 bits per heavy atom. The zero-order valence-corrected chi connectivity index (χ0v) is 20.4. The molecule has 10 heteroatoms. The summed E-state index contributed by atoms with van der Waals surface area (Å²) in [6.07, 6.45) is 4.87. The second-order valence-corrected chi connectivity index (χ2v) is 12.6. The molecule has 0 spiro atoms. The van der Waals surface area contributed by atoms with Gasteiger partial charge in [0.1, 0.15) is 5.82 Å². The molecule has 2 aromatic rings. The van der Waals surface area contributed by atoms with Gasteiger partial charge in [0, 0.05) is 39.3 Å². The van der Waals surface area contributed by atoms with Crippen LogP contribution in [-0.4, -0.2) is 64.7 Å². The van der Waals surface area contributed by atoms with E-state index in [0.717, 1.165) is 32.1 Å². The lowest BCUT2D eigenvalue weighted by Crippen LogP contribution is -2.48. The standard InChI is InChI=1S/C23H30FN3O4S2/c1-25(19-7-3-2-4-8-19)32(28,29)20-11-13-21(14-12-20)33(30,31)27-17-15-26(16-18-27)23-10-6-5-9-22(23)24/h5-6,9-14,19H,2-4,7-8,15-18H2,1H3. The third-order valence-corrected chi connectivity index (χ3v) is 10.5. The van der Waals surface area contributed by atoms with Crippen molar-refractivity contribution in [2.45, 2.75) is 47.9 Å². The number of benzene rings is 2. The molecule has 4 rings (SSSR count). The van der Waals surface area contributed by atoms with Crippen molar-refractivity contribution in [2.75, 3.05) is 38.1 Å². The number of piperazine rings is 1. The first-order chi connectivity index (χ1) is 15.7. The number of sulfonamides is 2. The molecule has 0 N–H and O–H groups in total. The van der Waals surface area contributed by atoms with Crippen molar-refractivity contribution in [1.29, 1.82) is 0 Å². The maximum Gasteiger partial charge on any atom is 0.243 e. The highest BCUT2D eigenvalue weighted by molar-refractivity contribution is 7.89. The van der Waals surface area contributed by atoms with Gasteiger partial charge in [-0.15, -0.1) is 0 Å². The van der Waals surface area contributed by atoms with E-state index in [1.54, 1.807) is 25.2 Å². The largest absolute Gasteiger partial charge is 0.367 e. The average Bonchev–Trinajstić information content (AvgIpc) is 2.84. The number of hydrogen-bond donors (Lipinski definition) is 0. The molecule has 7 nitrogen and oxygen atoms in total. The van der Waals surface area contributed by atoms with Gasteiger partial charge in [-0.3, -0.25) is 0 Å². The summed E-state index contributed by atoms with van der Waals surface area (Å²) in [5.41, 5.74) is 0.464. The van der Waals surface area contributed by atoms with Gasteiger partial charge in [-0.25, -0.2) is 21.2 Å². The van der Waals surface area contributed by atoms with Gasteiger partial charge >= 0.3 is 0 Å². The fourth-order valence-corrected chi connectivity index (χ4v) is 7.46. The first-order valence-electron chi connectivity index (χ1n) is 11.3. The fraction of sp³-hybridized carbons (Fsp3) is 0.478. The summed E-state index contributed by atoms with van der Waals surface area (Å²) in [6, 6.07) is 11.9. The summed E-state index contributed by atoms with van der Waals surface area (Å²) in [4.78, 5) is 1.98. The Bertz CT molecular complexity index is 1170. The molecule has 2 aromatic carbocycles. The van der Waals surface area contributed by atoms with E-state index >= 15 is 0 Å². The maximum absolute atomic E-state index is 14.1. The molecule has 0 bridgehead atoms. The van der Waals surface area contributed by atoms with Crippen molar-refractivity contribution < 1.29 is 21.2 Å². The minimum atomic E-state index is -3.78. The quantitative estimate of drug-likeness (QED) is 0.615. The third-order valence-electron chi connectivity index (χ3n) is 6.66. The minimum Gasteiger partial charge on any atom is -0.367 e. The fourth-order valence-electron chi connectivity index (χ4n) is 4.62. The number of nitrogens with zero attached hydrogens (tertiary/aromatic N) is 3. The van der Waals surface area contributed by atoms with E-state index in [-0.39, 0.29) is 34.7 Å². The van der Waals surface area contributed by atoms with Crippen LogP contribution in [0.2, 0.25) is 0 Å². The van der Waals surface area contributed by atoms with Gasteiger partial charge in [-0.05, 0) is 49.2 Å². The molecule has 0 aromatic heterocycles. The topological polar surface area (TPSA) is 78.0 Å². The molecule has 0 radical (unpaired) electrons. The van der Waals surface area contributed by atoms with Gasteiger partial charge in [0.05, 0.1) is 15.5 Å². The Morgan fingerprint density at radius 3 is 2.00 bits per heavy atom. The van der Waals surface area contributed by atoms with Crippen LogP contribution in [0.1, 0.15) is 32.1 Å². The van der Waals surface area contributed by atoms with E-state index in [1.165, 1.54) is 38.9 Å². The van der Waals surface area contributed by atoms with Gasteiger partial charge < -0.3 is 4.90 Å². The second-order valence-electron chi connectivity index (χ2n) is 8.63. The predicted molar refractivity (Wildman–Crippen MR) is 126 cm³/mol. The Hall–Kier alpha value is -2.01. The van der Waals surface area contributed by atoms with Crippen LogP contribution in [0.3, 0.4) is 0 Å². The molecule has 1 aliphatic carbocycles. The van der Waals surface area contributed by atoms with E-state index in [9.17, 15) is 21.2 Å². The highest BCUT2D eigenvalue weighted by Gasteiger charge is 2.31. The Morgan fingerprint density at radius 1 is 0.818 bits per heavy atom. The molecule has 33 heavy (non-hydrogen) atoms. The first kappa shape index (κ1) is 24.1. The lowest BCUT2D eigenvalue weighted by molar-refractivity contribution is 0.286. The molecule has 1 aliphatic heterocycles. The predicted octanol–water partition coefficient (Wildman–Crippen LogP) is 3.29. The van der Waals surface area contributed by atoms with Crippen LogP contribution in [-0.2, 0) is 20.0 Å². The summed E-state index contributed by atoms with van der Waals surface area (Å²) in [5, 5.41) is 0. The van der Waals surface area contributed by atoms with E-state index in [2.05, 4.69) is 0 Å². The monoisotopic (exact) mass is 495 g/mol. The van der Waals surface area contributed by atoms with Gasteiger partial charge in [-0.1, -0.05) is 31.4 Å². The van der Waals surface area contributed by atoms with Gasteiger partial charge in [0.25, 0.3) is 0 Å². The summed E-state index contributed by atoms with van der Waals surface area (Å²) in [6.45, 7) is 1.19. The molecule has 0 unspecified atom stereocenters. The lowest BCUT2D eigenvalue weighted by atomic mass is 9.96. The molecule has 0 atom stereocenters. The van der Waals surface area contributed by atoms with Gasteiger partial charge in [0.15, 0.2) is 0 Å². The molecule has 1 heterocycles. The summed E-state index contributed by atoms with van der Waals surface area (Å²) >= 11 is 0. The lowest BCUT2D eigenvalue weighted by Gasteiger charge is -2.35. The minimum absolute atomic E-state index is 0.0158. The van der Waals surface area contributed by atoms with E-state index in [0.29, 0.717) is 18.8 Å². The summed E-state index contributed by atoms with van der Waals surface area (Å²) in [5.74, 6) is -0.330. The normalized spacial score (nSPS) is 19.2. The number of rotatable bonds is 6. The molecule has 0 amide bonds. The van der Waals surface area contributed by atoms with Crippen LogP contribution < -0.4 is 4.90 Å². The highest BCUT2D eigenvalue weighted by Crippen LogP contribution is 2.28. The van der Waals surface area contributed by atoms with Crippen LogP contribution in [0.4, 0.5) is 10.1 Å². The summed E-state index contributed by atoms with van der Waals surface area (Å²) in [7, 11) is -5.86. The van der Waals surface area contributed by atoms with Crippen molar-refractivity contribution in [1.82, 2.24) is 8.61 Å². The van der Waals surface area contributed by atoms with E-state index in [1.807, 2.05) is 4.90 Å². The number of para-hydroxylation sites is 1.